The van der Waals surface area contributed by atoms with Crippen molar-refractivity contribution in [3.63, 3.8) is 0 Å². The van der Waals surface area contributed by atoms with E-state index in [1.807, 2.05) is 31.0 Å². The summed E-state index contributed by atoms with van der Waals surface area (Å²) in [6.07, 6.45) is 0. The van der Waals surface area contributed by atoms with Gasteiger partial charge in [0.05, 0.1) is 19.8 Å². The Labute approximate surface area is 120 Å². The molecule has 0 unspecified atom stereocenters. The van der Waals surface area contributed by atoms with Gasteiger partial charge in [0.1, 0.15) is 0 Å². The summed E-state index contributed by atoms with van der Waals surface area (Å²) in [5, 5.41) is 0. The average molecular weight is 353 g/mol. The van der Waals surface area contributed by atoms with Gasteiger partial charge in [-0.3, -0.25) is 0 Å². The molecular weight excluding hydrogens is 333 g/mol. The molecule has 0 aromatic heterocycles. The van der Waals surface area contributed by atoms with Crippen molar-refractivity contribution in [2.45, 2.75) is 27.7 Å². The summed E-state index contributed by atoms with van der Waals surface area (Å²) < 4.78 is 18.8. The van der Waals surface area contributed by atoms with Crippen LogP contribution >= 0.6 is 47.3 Å². The molecule has 0 bridgehead atoms. The normalized spacial score (nSPS) is 29.6. The highest BCUT2D eigenvalue weighted by Gasteiger charge is 2.65. The Morgan fingerprint density at radius 3 is 1.71 bits per heavy atom. The van der Waals surface area contributed by atoms with Crippen LogP contribution in [-0.4, -0.2) is 33.4 Å². The van der Waals surface area contributed by atoms with Crippen LogP contribution < -0.4 is 0 Å². The summed E-state index contributed by atoms with van der Waals surface area (Å²) >= 11 is 0. The molecule has 104 valence electrons. The Kier molecular flexibility index (Phi) is 6.05. The first-order valence-electron chi connectivity index (χ1n) is 5.56. The molecule has 3 nitrogen and oxygen atoms in total. The molecular formula is C8H20O3S5Si. The second-order valence-electron chi connectivity index (χ2n) is 3.24. The van der Waals surface area contributed by atoms with Crippen LogP contribution in [-0.2, 0) is 12.5 Å². The van der Waals surface area contributed by atoms with E-state index in [4.69, 9.17) is 12.5 Å². The molecule has 0 spiro atoms. The zero-order valence-electron chi connectivity index (χ0n) is 10.6. The third kappa shape index (κ3) is 2.97. The first-order valence-corrected chi connectivity index (χ1v) is 15.7. The molecule has 1 rings (SSSR count). The summed E-state index contributed by atoms with van der Waals surface area (Å²) in [5.41, 5.74) is 0. The van der Waals surface area contributed by atoms with E-state index in [0.717, 1.165) is 5.75 Å². The average Bonchev–Trinajstić information content (AvgIpc) is 2.32. The SMILES string of the molecule is CCOS1(CC)(OCC)(OCC)[Si]SSSS1. The van der Waals surface area contributed by atoms with Gasteiger partial charge in [0, 0.05) is 25.4 Å². The Balaban J connectivity index is 3.24. The van der Waals surface area contributed by atoms with Gasteiger partial charge >= 0.3 is 0 Å². The minimum absolute atomic E-state index is 0.497. The summed E-state index contributed by atoms with van der Waals surface area (Å²) in [5.74, 6) is 0.791. The molecule has 1 aliphatic heterocycles. The van der Waals surface area contributed by atoms with Gasteiger partial charge in [0.2, 0.25) is 0 Å². The highest BCUT2D eigenvalue weighted by molar-refractivity contribution is 9.54. The van der Waals surface area contributed by atoms with Gasteiger partial charge < -0.3 is 12.5 Å². The van der Waals surface area contributed by atoms with Crippen molar-refractivity contribution >= 4 is 55.2 Å². The van der Waals surface area contributed by atoms with Crippen LogP contribution in [0, 0.1) is 0 Å². The molecule has 0 N–H and O–H groups in total. The van der Waals surface area contributed by atoms with Crippen LogP contribution in [0.1, 0.15) is 27.7 Å². The lowest BCUT2D eigenvalue weighted by atomic mass is 10.9. The van der Waals surface area contributed by atoms with Crippen LogP contribution in [0.15, 0.2) is 0 Å². The zero-order chi connectivity index (χ0) is 12.9. The number of hydrogen-bond donors (Lipinski definition) is 0. The monoisotopic (exact) mass is 352 g/mol. The van der Waals surface area contributed by atoms with Crippen molar-refractivity contribution in [3.05, 3.63) is 0 Å². The van der Waals surface area contributed by atoms with Crippen LogP contribution in [0.2, 0.25) is 0 Å². The second kappa shape index (κ2) is 6.09. The molecule has 1 fully saturated rings. The van der Waals surface area contributed by atoms with Crippen molar-refractivity contribution in [3.8, 4) is 0 Å². The van der Waals surface area contributed by atoms with E-state index < -0.39 is 7.62 Å². The Bertz CT molecular complexity index is 228. The van der Waals surface area contributed by atoms with Gasteiger partial charge in [-0.25, -0.2) is 0 Å². The molecule has 0 aliphatic carbocycles. The minimum Gasteiger partial charge on any atom is -0.309 e. The molecule has 1 aliphatic rings. The molecule has 1 saturated heterocycles. The first-order chi connectivity index (χ1) is 8.06. The number of hydrogen-bond acceptors (Lipinski definition) is 7. The lowest BCUT2D eigenvalue weighted by molar-refractivity contribution is 0.171. The third-order valence-electron chi connectivity index (χ3n) is 2.31. The maximum atomic E-state index is 6.27. The Hall–Kier alpha value is 1.85. The topological polar surface area (TPSA) is 27.7 Å². The summed E-state index contributed by atoms with van der Waals surface area (Å²) in [6.45, 7) is 10.1. The predicted octanol–water partition coefficient (Wildman–Crippen LogP) is 4.88. The fourth-order valence-corrected chi connectivity index (χ4v) is 41.3. The highest BCUT2D eigenvalue weighted by atomic mass is 33.9. The van der Waals surface area contributed by atoms with Gasteiger partial charge in [0.15, 0.2) is 0 Å². The van der Waals surface area contributed by atoms with Gasteiger partial charge in [-0.1, -0.05) is 17.2 Å². The van der Waals surface area contributed by atoms with Gasteiger partial charge in [0.25, 0.3) is 7.82 Å². The van der Waals surface area contributed by atoms with E-state index in [2.05, 4.69) is 6.92 Å². The Morgan fingerprint density at radius 2 is 1.41 bits per heavy atom. The van der Waals surface area contributed by atoms with Crippen molar-refractivity contribution < 1.29 is 12.5 Å². The molecule has 17 heavy (non-hydrogen) atoms. The van der Waals surface area contributed by atoms with E-state index in [0.29, 0.717) is 27.6 Å². The van der Waals surface area contributed by atoms with Crippen LogP contribution in [0.4, 0.5) is 0 Å². The van der Waals surface area contributed by atoms with Gasteiger partial charge in [-0.05, 0) is 38.2 Å². The van der Waals surface area contributed by atoms with Crippen molar-refractivity contribution in [1.82, 2.24) is 0 Å². The lowest BCUT2D eigenvalue weighted by Crippen LogP contribution is -2.46. The first kappa shape index (κ1) is 16.9. The maximum absolute atomic E-state index is 6.27. The van der Waals surface area contributed by atoms with Crippen molar-refractivity contribution in [2.24, 2.45) is 0 Å². The standard InChI is InChI=1S/C8H20O3S5Si/c1-5-9-16(8-4,10-6-2,11-7-3)14-12-13-15-17-16/h5-8H2,1-4H3. The van der Waals surface area contributed by atoms with Crippen molar-refractivity contribution in [2.75, 3.05) is 25.6 Å². The van der Waals surface area contributed by atoms with E-state index in [9.17, 15) is 0 Å². The molecule has 0 saturated carbocycles. The summed E-state index contributed by atoms with van der Waals surface area (Å²) in [7, 11) is 4.18. The van der Waals surface area contributed by atoms with Gasteiger partial charge in [-0.2, -0.15) is 0 Å². The third-order valence-corrected chi connectivity index (χ3v) is 32.4. The molecule has 0 aromatic carbocycles. The van der Waals surface area contributed by atoms with Crippen LogP contribution in [0.3, 0.4) is 0 Å². The molecule has 2 radical (unpaired) electrons. The lowest BCUT2D eigenvalue weighted by Gasteiger charge is -2.75. The van der Waals surface area contributed by atoms with E-state index in [1.165, 1.54) is 0 Å². The summed E-state index contributed by atoms with van der Waals surface area (Å²) in [6, 6.07) is 0. The van der Waals surface area contributed by atoms with E-state index in [1.54, 1.807) is 29.5 Å². The molecule has 0 atom stereocenters. The second-order valence-corrected chi connectivity index (χ2v) is 23.2. The van der Waals surface area contributed by atoms with Crippen LogP contribution in [0.5, 0.6) is 0 Å². The largest absolute Gasteiger partial charge is 0.309 e. The quantitative estimate of drug-likeness (QED) is 0.476. The summed E-state index contributed by atoms with van der Waals surface area (Å²) in [4.78, 5) is 0. The van der Waals surface area contributed by atoms with Gasteiger partial charge in [-0.15, -0.1) is 0 Å². The fourth-order valence-electron chi connectivity index (χ4n) is 1.65. The van der Waals surface area contributed by atoms with E-state index in [-0.39, 0.29) is 0 Å². The van der Waals surface area contributed by atoms with E-state index >= 15 is 0 Å². The zero-order valence-corrected chi connectivity index (χ0v) is 15.7. The molecule has 0 amide bonds. The maximum Gasteiger partial charge on any atom is 0.278 e. The highest BCUT2D eigenvalue weighted by Crippen LogP contribution is 3.03. The smallest absolute Gasteiger partial charge is 0.278 e. The molecule has 0 aromatic rings. The fraction of sp³-hybridized carbons (Fsp3) is 1.00. The molecule has 1 heterocycles. The Morgan fingerprint density at radius 1 is 0.882 bits per heavy atom. The molecule has 9 heteroatoms. The van der Waals surface area contributed by atoms with Crippen molar-refractivity contribution in [1.29, 1.82) is 0 Å². The number of rotatable bonds is 7. The minimum atomic E-state index is -3.34. The predicted molar refractivity (Wildman–Crippen MR) is 89.1 cm³/mol. The van der Waals surface area contributed by atoms with Crippen LogP contribution in [0.25, 0.3) is 0 Å².